The number of benzene rings is 1. The zero-order chi connectivity index (χ0) is 13.8. The fraction of sp³-hybridized carbons (Fsp3) is 0.417. The van der Waals surface area contributed by atoms with Crippen molar-refractivity contribution in [2.24, 2.45) is 0 Å². The third-order valence-corrected chi connectivity index (χ3v) is 2.47. The Morgan fingerprint density at radius 3 is 2.33 bits per heavy atom. The molecule has 0 radical (unpaired) electrons. The van der Waals surface area contributed by atoms with Crippen molar-refractivity contribution in [1.29, 1.82) is 5.26 Å². The van der Waals surface area contributed by atoms with Gasteiger partial charge in [-0.15, -0.1) is 0 Å². The van der Waals surface area contributed by atoms with Gasteiger partial charge < -0.3 is 9.47 Å². The van der Waals surface area contributed by atoms with Crippen molar-refractivity contribution >= 4 is 0 Å². The molecule has 0 aliphatic heterocycles. The Morgan fingerprint density at radius 1 is 1.28 bits per heavy atom. The summed E-state index contributed by atoms with van der Waals surface area (Å²) in [4.78, 5) is 0. The molecule has 98 valence electrons. The van der Waals surface area contributed by atoms with Crippen LogP contribution in [0.1, 0.15) is 16.7 Å². The predicted octanol–water partition coefficient (Wildman–Crippen LogP) is 2.74. The summed E-state index contributed by atoms with van der Waals surface area (Å²) in [5.41, 5.74) is -0.356. The van der Waals surface area contributed by atoms with Gasteiger partial charge in [0, 0.05) is 20.6 Å². The summed E-state index contributed by atoms with van der Waals surface area (Å²) in [5, 5.41) is 8.86. The minimum atomic E-state index is -4.43. The van der Waals surface area contributed by atoms with E-state index in [9.17, 15) is 13.2 Å². The first-order valence-electron chi connectivity index (χ1n) is 5.08. The lowest BCUT2D eigenvalue weighted by Crippen LogP contribution is -2.17. The molecule has 1 aromatic carbocycles. The van der Waals surface area contributed by atoms with E-state index in [-0.39, 0.29) is 17.5 Å². The number of halogens is 3. The second-order valence-electron chi connectivity index (χ2n) is 3.59. The zero-order valence-corrected chi connectivity index (χ0v) is 9.91. The van der Waals surface area contributed by atoms with Crippen LogP contribution in [0.2, 0.25) is 0 Å². The largest absolute Gasteiger partial charge is 0.416 e. The highest BCUT2D eigenvalue weighted by atomic mass is 19.4. The third kappa shape index (κ3) is 3.45. The van der Waals surface area contributed by atoms with Gasteiger partial charge in [0.1, 0.15) is 0 Å². The molecular weight excluding hydrogens is 247 g/mol. The number of methoxy groups -OCH3 is 2. The smallest absolute Gasteiger partial charge is 0.356 e. The maximum atomic E-state index is 12.6. The van der Waals surface area contributed by atoms with Crippen LogP contribution in [0, 0.1) is 11.3 Å². The van der Waals surface area contributed by atoms with Gasteiger partial charge in [-0.05, 0) is 23.8 Å². The number of hydrogen-bond acceptors (Lipinski definition) is 3. The average Bonchev–Trinajstić information content (AvgIpc) is 2.34. The highest BCUT2D eigenvalue weighted by Crippen LogP contribution is 2.30. The van der Waals surface area contributed by atoms with E-state index in [4.69, 9.17) is 14.7 Å². The molecule has 0 saturated carbocycles. The van der Waals surface area contributed by atoms with Crippen molar-refractivity contribution in [3.8, 4) is 6.07 Å². The fourth-order valence-corrected chi connectivity index (χ4v) is 1.49. The van der Waals surface area contributed by atoms with Crippen LogP contribution in [-0.2, 0) is 22.1 Å². The van der Waals surface area contributed by atoms with E-state index in [1.807, 2.05) is 6.07 Å². The minimum Gasteiger partial charge on any atom is -0.356 e. The lowest BCUT2D eigenvalue weighted by Gasteiger charge is -2.15. The summed E-state index contributed by atoms with van der Waals surface area (Å²) in [6, 6.07) is 4.84. The molecule has 0 aliphatic rings. The van der Waals surface area contributed by atoms with E-state index in [0.29, 0.717) is 0 Å². The van der Waals surface area contributed by atoms with E-state index in [0.717, 1.165) is 18.2 Å². The van der Waals surface area contributed by atoms with Gasteiger partial charge in [0.05, 0.1) is 17.2 Å². The van der Waals surface area contributed by atoms with Crippen molar-refractivity contribution in [1.82, 2.24) is 0 Å². The van der Waals surface area contributed by atoms with E-state index in [1.54, 1.807) is 0 Å². The van der Waals surface area contributed by atoms with E-state index in [1.165, 1.54) is 14.2 Å². The molecular formula is C12H12F3NO2. The number of rotatable bonds is 4. The lowest BCUT2D eigenvalue weighted by atomic mass is 10.0. The molecule has 0 aromatic heterocycles. The van der Waals surface area contributed by atoms with Crippen LogP contribution >= 0.6 is 0 Å². The van der Waals surface area contributed by atoms with Crippen LogP contribution in [0.5, 0.6) is 0 Å². The molecule has 0 aliphatic carbocycles. The Balaban J connectivity index is 3.11. The monoisotopic (exact) mass is 259 g/mol. The Bertz CT molecular complexity index is 448. The average molecular weight is 259 g/mol. The maximum Gasteiger partial charge on any atom is 0.416 e. The molecule has 1 rings (SSSR count). The van der Waals surface area contributed by atoms with Crippen molar-refractivity contribution < 1.29 is 22.6 Å². The minimum absolute atomic E-state index is 0.0831. The molecule has 0 spiro atoms. The van der Waals surface area contributed by atoms with Crippen LogP contribution in [0.25, 0.3) is 0 Å². The van der Waals surface area contributed by atoms with Crippen LogP contribution < -0.4 is 0 Å². The Labute approximate surface area is 103 Å². The summed E-state index contributed by atoms with van der Waals surface area (Å²) >= 11 is 0. The normalized spacial score (nSPS) is 11.6. The molecule has 0 N–H and O–H groups in total. The van der Waals surface area contributed by atoms with Crippen LogP contribution in [-0.4, -0.2) is 20.5 Å². The van der Waals surface area contributed by atoms with Gasteiger partial charge in [0.25, 0.3) is 0 Å². The number of hydrogen-bond donors (Lipinski definition) is 0. The first-order chi connectivity index (χ1) is 8.42. The standard InChI is InChI=1S/C12H12F3NO2/c1-17-11(18-2)6-9-5-10(12(13,14)15)4-3-8(9)7-16/h3-5,11H,6H2,1-2H3. The van der Waals surface area contributed by atoms with Crippen LogP contribution in [0.15, 0.2) is 18.2 Å². The molecule has 0 unspecified atom stereocenters. The summed E-state index contributed by atoms with van der Waals surface area (Å²) < 4.78 is 47.5. The van der Waals surface area contributed by atoms with Gasteiger partial charge in [-0.1, -0.05) is 0 Å². The second kappa shape index (κ2) is 5.85. The van der Waals surface area contributed by atoms with Gasteiger partial charge in [-0.2, -0.15) is 18.4 Å². The summed E-state index contributed by atoms with van der Waals surface area (Å²) in [6.07, 6.45) is -5.03. The van der Waals surface area contributed by atoms with E-state index in [2.05, 4.69) is 0 Å². The van der Waals surface area contributed by atoms with Gasteiger partial charge in [0.15, 0.2) is 6.29 Å². The van der Waals surface area contributed by atoms with Gasteiger partial charge in [-0.3, -0.25) is 0 Å². The molecule has 0 amide bonds. The first kappa shape index (κ1) is 14.5. The van der Waals surface area contributed by atoms with E-state index < -0.39 is 18.0 Å². The third-order valence-electron chi connectivity index (χ3n) is 2.47. The maximum absolute atomic E-state index is 12.6. The van der Waals surface area contributed by atoms with Crippen molar-refractivity contribution in [2.75, 3.05) is 14.2 Å². The van der Waals surface area contributed by atoms with Gasteiger partial charge >= 0.3 is 6.18 Å². The summed E-state index contributed by atoms with van der Waals surface area (Å²) in [6.45, 7) is 0. The Morgan fingerprint density at radius 2 is 1.89 bits per heavy atom. The zero-order valence-electron chi connectivity index (χ0n) is 9.91. The molecule has 0 atom stereocenters. The van der Waals surface area contributed by atoms with Crippen molar-refractivity contribution in [3.05, 3.63) is 34.9 Å². The summed E-state index contributed by atoms with van der Waals surface area (Å²) in [5.74, 6) is 0. The molecule has 18 heavy (non-hydrogen) atoms. The number of nitriles is 1. The van der Waals surface area contributed by atoms with E-state index >= 15 is 0 Å². The lowest BCUT2D eigenvalue weighted by molar-refractivity contribution is -0.137. The van der Waals surface area contributed by atoms with Crippen LogP contribution in [0.3, 0.4) is 0 Å². The van der Waals surface area contributed by atoms with Crippen molar-refractivity contribution in [2.45, 2.75) is 18.9 Å². The highest BCUT2D eigenvalue weighted by molar-refractivity contribution is 5.41. The van der Waals surface area contributed by atoms with Crippen LogP contribution in [0.4, 0.5) is 13.2 Å². The second-order valence-corrected chi connectivity index (χ2v) is 3.59. The molecule has 0 fully saturated rings. The van der Waals surface area contributed by atoms with Gasteiger partial charge in [-0.25, -0.2) is 0 Å². The van der Waals surface area contributed by atoms with Crippen molar-refractivity contribution in [3.63, 3.8) is 0 Å². The molecule has 6 heteroatoms. The molecule has 0 saturated heterocycles. The highest BCUT2D eigenvalue weighted by Gasteiger charge is 2.31. The number of alkyl halides is 3. The Hall–Kier alpha value is -1.58. The molecule has 0 bridgehead atoms. The Kier molecular flexibility index (Phi) is 4.70. The number of nitrogens with zero attached hydrogens (tertiary/aromatic N) is 1. The topological polar surface area (TPSA) is 42.2 Å². The number of ether oxygens (including phenoxy) is 2. The molecule has 3 nitrogen and oxygen atoms in total. The van der Waals surface area contributed by atoms with Gasteiger partial charge in [0.2, 0.25) is 0 Å². The first-order valence-corrected chi connectivity index (χ1v) is 5.08. The summed E-state index contributed by atoms with van der Waals surface area (Å²) in [7, 11) is 2.77. The predicted molar refractivity (Wildman–Crippen MR) is 57.7 cm³/mol. The fourth-order valence-electron chi connectivity index (χ4n) is 1.49. The SMILES string of the molecule is COC(Cc1cc(C(F)(F)F)ccc1C#N)OC. The molecule has 0 heterocycles. The molecule has 1 aromatic rings. The quantitative estimate of drug-likeness (QED) is 0.781.